The van der Waals surface area contributed by atoms with Gasteiger partial charge in [-0.2, -0.15) is 13.2 Å². The second kappa shape index (κ2) is 9.27. The van der Waals surface area contributed by atoms with Crippen LogP contribution in [0.1, 0.15) is 49.9 Å². The van der Waals surface area contributed by atoms with Gasteiger partial charge in [0.1, 0.15) is 6.04 Å². The van der Waals surface area contributed by atoms with Crippen LogP contribution in [-0.4, -0.2) is 42.7 Å². The SMILES string of the molecule is CC[C@H](C)C(=O)N1Cc2cc(S(C)(=O)=O)ccc2C1C(=O)Nc1ccc(C(C)(O)C(F)(F)F)cc1. The first-order valence-corrected chi connectivity index (χ1v) is 12.8. The third-order valence-electron chi connectivity index (χ3n) is 6.32. The number of rotatable bonds is 6. The minimum atomic E-state index is -4.88. The molecule has 0 saturated carbocycles. The number of nitrogens with zero attached hydrogens (tertiary/aromatic N) is 1. The molecule has 7 nitrogen and oxygen atoms in total. The van der Waals surface area contributed by atoms with Gasteiger partial charge in [-0.05, 0) is 54.3 Å². The van der Waals surface area contributed by atoms with Gasteiger partial charge in [-0.15, -0.1) is 0 Å². The molecule has 0 saturated heterocycles. The molecule has 1 heterocycles. The van der Waals surface area contributed by atoms with Crippen molar-refractivity contribution in [2.75, 3.05) is 11.6 Å². The minimum absolute atomic E-state index is 0.0489. The van der Waals surface area contributed by atoms with Crippen molar-refractivity contribution in [3.63, 3.8) is 0 Å². The molecule has 2 aromatic rings. The number of hydrogen-bond acceptors (Lipinski definition) is 5. The Morgan fingerprint density at radius 2 is 1.77 bits per heavy atom. The van der Waals surface area contributed by atoms with E-state index in [1.54, 1.807) is 6.92 Å². The third kappa shape index (κ3) is 5.20. The molecule has 11 heteroatoms. The Morgan fingerprint density at radius 3 is 2.29 bits per heavy atom. The van der Waals surface area contributed by atoms with Crippen molar-refractivity contribution < 1.29 is 36.3 Å². The van der Waals surface area contributed by atoms with Gasteiger partial charge in [0.15, 0.2) is 15.4 Å². The van der Waals surface area contributed by atoms with Crippen LogP contribution in [0.5, 0.6) is 0 Å². The van der Waals surface area contributed by atoms with E-state index in [4.69, 9.17) is 0 Å². The first-order valence-electron chi connectivity index (χ1n) is 10.9. The van der Waals surface area contributed by atoms with E-state index in [1.165, 1.54) is 35.2 Å². The maximum absolute atomic E-state index is 13.3. The maximum Gasteiger partial charge on any atom is 0.421 e. The fourth-order valence-corrected chi connectivity index (χ4v) is 4.53. The van der Waals surface area contributed by atoms with Gasteiger partial charge >= 0.3 is 6.18 Å². The molecule has 35 heavy (non-hydrogen) atoms. The van der Waals surface area contributed by atoms with E-state index < -0.39 is 39.1 Å². The van der Waals surface area contributed by atoms with E-state index in [1.807, 2.05) is 6.92 Å². The maximum atomic E-state index is 13.3. The molecule has 1 aliphatic rings. The first kappa shape index (κ1) is 26.7. The van der Waals surface area contributed by atoms with Crippen molar-refractivity contribution in [1.82, 2.24) is 4.90 Å². The van der Waals surface area contributed by atoms with Crippen LogP contribution in [0.4, 0.5) is 18.9 Å². The summed E-state index contributed by atoms with van der Waals surface area (Å²) < 4.78 is 63.2. The molecule has 0 spiro atoms. The van der Waals surface area contributed by atoms with Crippen LogP contribution in [0, 0.1) is 5.92 Å². The lowest BCUT2D eigenvalue weighted by atomic mass is 9.95. The molecule has 1 aliphatic heterocycles. The largest absolute Gasteiger partial charge is 0.421 e. The Bertz CT molecular complexity index is 1240. The number of nitrogens with one attached hydrogen (secondary N) is 1. The van der Waals surface area contributed by atoms with Crippen LogP contribution in [0.2, 0.25) is 0 Å². The molecule has 0 aromatic heterocycles. The lowest BCUT2D eigenvalue weighted by Crippen LogP contribution is -2.39. The van der Waals surface area contributed by atoms with Crippen molar-refractivity contribution in [2.45, 2.75) is 56.5 Å². The standard InChI is InChI=1S/C24H27F3N2O5S/c1-5-14(2)22(31)29-13-15-12-18(35(4,33)34)10-11-19(15)20(29)21(30)28-17-8-6-16(7-9-17)23(3,32)24(25,26)27/h6-12,14,20,32H,5,13H2,1-4H3,(H,28,30)/t14-,20?,23?/m0/s1. The van der Waals surface area contributed by atoms with E-state index in [0.717, 1.165) is 18.4 Å². The Hall–Kier alpha value is -2.92. The lowest BCUT2D eigenvalue weighted by Gasteiger charge is -2.28. The highest BCUT2D eigenvalue weighted by Crippen LogP contribution is 2.40. The van der Waals surface area contributed by atoms with Crippen molar-refractivity contribution in [3.05, 3.63) is 59.2 Å². The Morgan fingerprint density at radius 1 is 1.17 bits per heavy atom. The Balaban J connectivity index is 1.93. The normalized spacial score (nSPS) is 18.5. The van der Waals surface area contributed by atoms with Crippen LogP contribution in [0.25, 0.3) is 0 Å². The summed E-state index contributed by atoms with van der Waals surface area (Å²) in [7, 11) is -3.50. The monoisotopic (exact) mass is 512 g/mol. The second-order valence-corrected chi connectivity index (χ2v) is 11.0. The van der Waals surface area contributed by atoms with Crippen molar-refractivity contribution >= 4 is 27.3 Å². The van der Waals surface area contributed by atoms with Crippen LogP contribution in [0.3, 0.4) is 0 Å². The van der Waals surface area contributed by atoms with Crippen LogP contribution >= 0.6 is 0 Å². The zero-order chi connectivity index (χ0) is 26.3. The molecule has 2 aromatic carbocycles. The van der Waals surface area contributed by atoms with Crippen LogP contribution < -0.4 is 5.32 Å². The average molecular weight is 513 g/mol. The topological polar surface area (TPSA) is 104 Å². The van der Waals surface area contributed by atoms with Crippen LogP contribution in [0.15, 0.2) is 47.4 Å². The third-order valence-corrected chi connectivity index (χ3v) is 7.43. The summed E-state index contributed by atoms with van der Waals surface area (Å²) in [5.74, 6) is -1.25. The first-order chi connectivity index (χ1) is 16.1. The summed E-state index contributed by atoms with van der Waals surface area (Å²) in [5, 5.41) is 12.4. The van der Waals surface area contributed by atoms with Gasteiger partial charge in [-0.1, -0.05) is 32.0 Å². The van der Waals surface area contributed by atoms with Gasteiger partial charge in [0.05, 0.1) is 4.90 Å². The Kier molecular flexibility index (Phi) is 7.07. The van der Waals surface area contributed by atoms with Crippen molar-refractivity contribution in [2.24, 2.45) is 5.92 Å². The van der Waals surface area contributed by atoms with Gasteiger partial charge in [0.25, 0.3) is 5.91 Å². The van der Waals surface area contributed by atoms with Crippen molar-refractivity contribution in [1.29, 1.82) is 0 Å². The van der Waals surface area contributed by atoms with Gasteiger partial charge in [0.2, 0.25) is 5.91 Å². The molecule has 3 atom stereocenters. The number of carbonyl (C=O) groups excluding carboxylic acids is 2. The van der Waals surface area contributed by atoms with E-state index in [-0.39, 0.29) is 29.0 Å². The van der Waals surface area contributed by atoms with Gasteiger partial charge in [0, 0.05) is 24.4 Å². The summed E-state index contributed by atoms with van der Waals surface area (Å²) in [6, 6.07) is 7.87. The Labute approximate surface area is 201 Å². The molecule has 2 amide bonds. The van der Waals surface area contributed by atoms with E-state index in [2.05, 4.69) is 5.32 Å². The average Bonchev–Trinajstić information content (AvgIpc) is 3.16. The molecule has 2 N–H and O–H groups in total. The number of fused-ring (bicyclic) bond motifs is 1. The van der Waals surface area contributed by atoms with Gasteiger partial charge in [-0.25, -0.2) is 8.42 Å². The number of aliphatic hydroxyl groups is 1. The van der Waals surface area contributed by atoms with Crippen LogP contribution in [-0.2, 0) is 31.6 Å². The number of benzene rings is 2. The zero-order valence-corrected chi connectivity index (χ0v) is 20.5. The summed E-state index contributed by atoms with van der Waals surface area (Å²) in [6.07, 6.45) is -3.28. The highest BCUT2D eigenvalue weighted by Gasteiger charge is 2.51. The molecule has 0 radical (unpaired) electrons. The quantitative estimate of drug-likeness (QED) is 0.611. The number of anilines is 1. The smallest absolute Gasteiger partial charge is 0.376 e. The van der Waals surface area contributed by atoms with E-state index >= 15 is 0 Å². The number of halogens is 3. The van der Waals surface area contributed by atoms with Gasteiger partial charge < -0.3 is 15.3 Å². The molecular formula is C24H27F3N2O5S. The molecule has 0 fully saturated rings. The number of sulfone groups is 1. The fourth-order valence-electron chi connectivity index (χ4n) is 3.86. The summed E-state index contributed by atoms with van der Waals surface area (Å²) in [5.41, 5.74) is -2.27. The number of carbonyl (C=O) groups is 2. The lowest BCUT2D eigenvalue weighted by molar-refractivity contribution is -0.258. The zero-order valence-electron chi connectivity index (χ0n) is 19.7. The number of alkyl halides is 3. The molecule has 0 aliphatic carbocycles. The van der Waals surface area contributed by atoms with Crippen molar-refractivity contribution in [3.8, 4) is 0 Å². The molecular weight excluding hydrogens is 485 g/mol. The predicted molar refractivity (Wildman–Crippen MR) is 123 cm³/mol. The fraction of sp³-hybridized carbons (Fsp3) is 0.417. The molecule has 0 bridgehead atoms. The highest BCUT2D eigenvalue weighted by molar-refractivity contribution is 7.90. The second-order valence-electron chi connectivity index (χ2n) is 8.95. The van der Waals surface area contributed by atoms with Gasteiger partial charge in [-0.3, -0.25) is 9.59 Å². The summed E-state index contributed by atoms with van der Waals surface area (Å²) >= 11 is 0. The predicted octanol–water partition coefficient (Wildman–Crippen LogP) is 3.93. The number of hydrogen-bond donors (Lipinski definition) is 2. The summed E-state index contributed by atoms with van der Waals surface area (Å²) in [4.78, 5) is 27.8. The molecule has 3 rings (SSSR count). The van der Waals surface area contributed by atoms with E-state index in [0.29, 0.717) is 24.5 Å². The number of amides is 2. The highest BCUT2D eigenvalue weighted by atomic mass is 32.2. The molecule has 2 unspecified atom stereocenters. The minimum Gasteiger partial charge on any atom is -0.376 e. The summed E-state index contributed by atoms with van der Waals surface area (Å²) in [6.45, 7) is 4.25. The van der Waals surface area contributed by atoms with E-state index in [9.17, 15) is 36.3 Å². The molecule has 190 valence electrons.